The van der Waals surface area contributed by atoms with Gasteiger partial charge in [0.25, 0.3) is 5.91 Å². The lowest BCUT2D eigenvalue weighted by Crippen LogP contribution is -2.49. The number of amides is 2. The van der Waals surface area contributed by atoms with Crippen LogP contribution in [0.15, 0.2) is 48.5 Å². The topological polar surface area (TPSA) is 61.9 Å². The van der Waals surface area contributed by atoms with E-state index in [9.17, 15) is 9.59 Å². The van der Waals surface area contributed by atoms with Crippen LogP contribution in [-0.2, 0) is 16.0 Å². The first kappa shape index (κ1) is 21.3. The number of hydrogen-bond donors (Lipinski definition) is 1. The SMILES string of the molecule is COc1ccc(CC(=O)N2CCN(c3ccc(NC(=O)C(Cl)Cl)cc3)CC2)cc1. The predicted molar refractivity (Wildman–Crippen MR) is 116 cm³/mol. The maximum absolute atomic E-state index is 12.6. The molecule has 1 aliphatic rings. The van der Waals surface area contributed by atoms with Gasteiger partial charge in [-0.2, -0.15) is 0 Å². The summed E-state index contributed by atoms with van der Waals surface area (Å²) in [5.74, 6) is 0.459. The molecule has 2 aromatic rings. The summed E-state index contributed by atoms with van der Waals surface area (Å²) in [6, 6.07) is 15.1. The minimum absolute atomic E-state index is 0.129. The summed E-state index contributed by atoms with van der Waals surface area (Å²) in [5, 5.41) is 2.64. The number of anilines is 2. The molecule has 0 saturated carbocycles. The van der Waals surface area contributed by atoms with Gasteiger partial charge in [0.05, 0.1) is 13.5 Å². The average molecular weight is 436 g/mol. The molecule has 0 atom stereocenters. The van der Waals surface area contributed by atoms with E-state index in [1.807, 2.05) is 53.4 Å². The number of rotatable bonds is 6. The van der Waals surface area contributed by atoms with Crippen molar-refractivity contribution in [3.8, 4) is 5.75 Å². The molecule has 0 unspecified atom stereocenters. The van der Waals surface area contributed by atoms with E-state index in [0.717, 1.165) is 30.1 Å². The van der Waals surface area contributed by atoms with Crippen LogP contribution in [0.1, 0.15) is 5.56 Å². The first-order valence-electron chi connectivity index (χ1n) is 9.31. The van der Waals surface area contributed by atoms with E-state index in [4.69, 9.17) is 27.9 Å². The molecule has 0 radical (unpaired) electrons. The van der Waals surface area contributed by atoms with Gasteiger partial charge in [-0.15, -0.1) is 0 Å². The lowest BCUT2D eigenvalue weighted by Gasteiger charge is -2.36. The number of benzene rings is 2. The molecule has 8 heteroatoms. The maximum atomic E-state index is 12.6. The van der Waals surface area contributed by atoms with Crippen molar-refractivity contribution in [3.63, 3.8) is 0 Å². The highest BCUT2D eigenvalue weighted by Crippen LogP contribution is 2.21. The van der Waals surface area contributed by atoms with Crippen LogP contribution in [0.5, 0.6) is 5.75 Å². The maximum Gasteiger partial charge on any atom is 0.257 e. The molecule has 0 spiro atoms. The van der Waals surface area contributed by atoms with Crippen LogP contribution in [0, 0.1) is 0 Å². The van der Waals surface area contributed by atoms with E-state index < -0.39 is 10.7 Å². The first-order chi connectivity index (χ1) is 14.0. The van der Waals surface area contributed by atoms with Crippen molar-refractivity contribution in [2.75, 3.05) is 43.5 Å². The van der Waals surface area contributed by atoms with Crippen molar-refractivity contribution in [3.05, 3.63) is 54.1 Å². The smallest absolute Gasteiger partial charge is 0.257 e. The van der Waals surface area contributed by atoms with E-state index in [1.165, 1.54) is 0 Å². The second-order valence-electron chi connectivity index (χ2n) is 6.73. The number of ether oxygens (including phenoxy) is 1. The third-order valence-electron chi connectivity index (χ3n) is 4.84. The van der Waals surface area contributed by atoms with Crippen LogP contribution in [0.2, 0.25) is 0 Å². The number of carbonyl (C=O) groups excluding carboxylic acids is 2. The number of piperazine rings is 1. The Labute approximate surface area is 180 Å². The molecule has 1 N–H and O–H groups in total. The zero-order chi connectivity index (χ0) is 20.8. The number of halogens is 2. The van der Waals surface area contributed by atoms with E-state index in [0.29, 0.717) is 25.2 Å². The van der Waals surface area contributed by atoms with Crippen LogP contribution in [0.3, 0.4) is 0 Å². The number of hydrogen-bond acceptors (Lipinski definition) is 4. The van der Waals surface area contributed by atoms with E-state index in [-0.39, 0.29) is 5.91 Å². The van der Waals surface area contributed by atoms with Crippen LogP contribution >= 0.6 is 23.2 Å². The third kappa shape index (κ3) is 5.78. The Hall–Kier alpha value is -2.44. The van der Waals surface area contributed by atoms with Gasteiger partial charge in [-0.3, -0.25) is 9.59 Å². The molecular formula is C21H23Cl2N3O3. The summed E-state index contributed by atoms with van der Waals surface area (Å²) in [4.78, 5) is 27.1. The van der Waals surface area contributed by atoms with E-state index >= 15 is 0 Å². The highest BCUT2D eigenvalue weighted by atomic mass is 35.5. The van der Waals surface area contributed by atoms with Gasteiger partial charge in [-0.1, -0.05) is 35.3 Å². The van der Waals surface area contributed by atoms with Crippen molar-refractivity contribution < 1.29 is 14.3 Å². The van der Waals surface area contributed by atoms with Crippen molar-refractivity contribution in [2.45, 2.75) is 11.3 Å². The van der Waals surface area contributed by atoms with Gasteiger partial charge in [0.2, 0.25) is 5.91 Å². The second-order valence-corrected chi connectivity index (χ2v) is 7.83. The molecule has 0 aliphatic carbocycles. The molecule has 2 aromatic carbocycles. The number of nitrogens with one attached hydrogen (secondary N) is 1. The Bertz CT molecular complexity index is 833. The Balaban J connectivity index is 1.50. The van der Waals surface area contributed by atoms with Gasteiger partial charge in [0, 0.05) is 37.6 Å². The number of methoxy groups -OCH3 is 1. The summed E-state index contributed by atoms with van der Waals surface area (Å²) in [6.07, 6.45) is 0.389. The first-order valence-corrected chi connectivity index (χ1v) is 10.2. The van der Waals surface area contributed by atoms with Gasteiger partial charge in [0.15, 0.2) is 4.84 Å². The van der Waals surface area contributed by atoms with Crippen molar-refractivity contribution >= 4 is 46.4 Å². The second kappa shape index (κ2) is 9.85. The molecule has 1 saturated heterocycles. The van der Waals surface area contributed by atoms with Crippen molar-refractivity contribution in [1.82, 2.24) is 4.90 Å². The summed E-state index contributed by atoms with van der Waals surface area (Å²) >= 11 is 11.1. The highest BCUT2D eigenvalue weighted by Gasteiger charge is 2.21. The number of alkyl halides is 2. The van der Waals surface area contributed by atoms with Gasteiger partial charge in [0.1, 0.15) is 5.75 Å². The van der Waals surface area contributed by atoms with E-state index in [1.54, 1.807) is 7.11 Å². The number of carbonyl (C=O) groups is 2. The monoisotopic (exact) mass is 435 g/mol. The average Bonchev–Trinajstić information content (AvgIpc) is 2.75. The summed E-state index contributed by atoms with van der Waals surface area (Å²) in [7, 11) is 1.62. The molecule has 3 rings (SSSR count). The van der Waals surface area contributed by atoms with Crippen LogP contribution < -0.4 is 15.0 Å². The fourth-order valence-corrected chi connectivity index (χ4v) is 3.31. The zero-order valence-corrected chi connectivity index (χ0v) is 17.6. The molecule has 1 fully saturated rings. The van der Waals surface area contributed by atoms with Crippen LogP contribution in [0.4, 0.5) is 11.4 Å². The Morgan fingerprint density at radius 2 is 1.62 bits per heavy atom. The standard InChI is InChI=1S/C21H23Cl2N3O3/c1-29-18-8-2-15(3-9-18)14-19(27)26-12-10-25(11-13-26)17-6-4-16(5-7-17)24-21(28)20(22)23/h2-9,20H,10-14H2,1H3,(H,24,28). The minimum atomic E-state index is -1.10. The van der Waals surface area contributed by atoms with Crippen molar-refractivity contribution in [1.29, 1.82) is 0 Å². The largest absolute Gasteiger partial charge is 0.497 e. The van der Waals surface area contributed by atoms with Crippen molar-refractivity contribution in [2.24, 2.45) is 0 Å². The highest BCUT2D eigenvalue weighted by molar-refractivity contribution is 6.54. The number of nitrogens with zero attached hydrogens (tertiary/aromatic N) is 2. The van der Waals surface area contributed by atoms with Gasteiger partial charge in [-0.25, -0.2) is 0 Å². The molecular weight excluding hydrogens is 413 g/mol. The van der Waals surface area contributed by atoms with Crippen LogP contribution in [0.25, 0.3) is 0 Å². The summed E-state index contributed by atoms with van der Waals surface area (Å²) in [5.41, 5.74) is 2.66. The third-order valence-corrected chi connectivity index (χ3v) is 5.24. The Kier molecular flexibility index (Phi) is 7.23. The molecule has 0 aromatic heterocycles. The molecule has 0 bridgehead atoms. The summed E-state index contributed by atoms with van der Waals surface area (Å²) in [6.45, 7) is 2.86. The Morgan fingerprint density at radius 1 is 1.00 bits per heavy atom. The summed E-state index contributed by atoms with van der Waals surface area (Å²) < 4.78 is 5.15. The molecule has 1 aliphatic heterocycles. The fraction of sp³-hybridized carbons (Fsp3) is 0.333. The zero-order valence-electron chi connectivity index (χ0n) is 16.1. The molecule has 1 heterocycles. The predicted octanol–water partition coefficient (Wildman–Crippen LogP) is 3.33. The normalized spacial score (nSPS) is 14.1. The lowest BCUT2D eigenvalue weighted by molar-refractivity contribution is -0.130. The molecule has 29 heavy (non-hydrogen) atoms. The quantitative estimate of drug-likeness (QED) is 0.706. The molecule has 154 valence electrons. The lowest BCUT2D eigenvalue weighted by atomic mass is 10.1. The van der Waals surface area contributed by atoms with E-state index in [2.05, 4.69) is 10.2 Å². The minimum Gasteiger partial charge on any atom is -0.497 e. The van der Waals surface area contributed by atoms with Crippen LogP contribution in [-0.4, -0.2) is 54.8 Å². The van der Waals surface area contributed by atoms with Gasteiger partial charge >= 0.3 is 0 Å². The molecule has 6 nitrogen and oxygen atoms in total. The van der Waals surface area contributed by atoms with Gasteiger partial charge < -0.3 is 19.9 Å². The van der Waals surface area contributed by atoms with Gasteiger partial charge in [-0.05, 0) is 42.0 Å². The Morgan fingerprint density at radius 3 is 2.17 bits per heavy atom. The fourth-order valence-electron chi connectivity index (χ4n) is 3.20. The molecule has 2 amide bonds.